The monoisotopic (exact) mass is 316 g/mol. The summed E-state index contributed by atoms with van der Waals surface area (Å²) in [7, 11) is 0. The molecule has 0 bridgehead atoms. The van der Waals surface area contributed by atoms with E-state index in [1.54, 1.807) is 19.9 Å². The molecule has 0 saturated carbocycles. The van der Waals surface area contributed by atoms with Gasteiger partial charge in [-0.3, -0.25) is 9.69 Å². The predicted octanol–water partition coefficient (Wildman–Crippen LogP) is 2.98. The van der Waals surface area contributed by atoms with Crippen LogP contribution >= 0.6 is 23.2 Å². The van der Waals surface area contributed by atoms with Crippen molar-refractivity contribution in [3.8, 4) is 0 Å². The third kappa shape index (κ3) is 3.03. The van der Waals surface area contributed by atoms with E-state index in [4.69, 9.17) is 23.2 Å². The number of hydrogen-bond donors (Lipinski definition) is 1. The fraction of sp³-hybridized carbons (Fsp3) is 0.500. The lowest BCUT2D eigenvalue weighted by molar-refractivity contribution is -0.149. The molecule has 0 atom stereocenters. The second-order valence-electron chi connectivity index (χ2n) is 5.44. The minimum Gasteiger partial charge on any atom is -0.480 e. The van der Waals surface area contributed by atoms with Gasteiger partial charge in [0.1, 0.15) is 5.54 Å². The minimum atomic E-state index is -0.830. The van der Waals surface area contributed by atoms with E-state index in [2.05, 4.69) is 4.90 Å². The fourth-order valence-corrected chi connectivity index (χ4v) is 2.63. The Labute approximate surface area is 128 Å². The Kier molecular flexibility index (Phi) is 4.47. The molecule has 0 radical (unpaired) electrons. The molecule has 1 aliphatic heterocycles. The van der Waals surface area contributed by atoms with Crippen molar-refractivity contribution >= 4 is 34.9 Å². The van der Waals surface area contributed by atoms with Crippen molar-refractivity contribution < 1.29 is 9.90 Å². The number of nitrogens with zero attached hydrogens (tertiary/aromatic N) is 2. The Morgan fingerprint density at radius 3 is 2.25 bits per heavy atom. The molecule has 0 spiro atoms. The molecule has 6 heteroatoms. The lowest BCUT2D eigenvalue weighted by Gasteiger charge is -2.42. The van der Waals surface area contributed by atoms with Gasteiger partial charge in [0.25, 0.3) is 0 Å². The molecule has 0 unspecified atom stereocenters. The molecule has 1 N–H and O–H groups in total. The first-order valence-corrected chi connectivity index (χ1v) is 7.26. The highest BCUT2D eigenvalue weighted by Gasteiger charge is 2.36. The predicted molar refractivity (Wildman–Crippen MR) is 82.0 cm³/mol. The van der Waals surface area contributed by atoms with Crippen LogP contribution in [0.3, 0.4) is 0 Å². The van der Waals surface area contributed by atoms with Crippen molar-refractivity contribution in [2.45, 2.75) is 19.4 Å². The highest BCUT2D eigenvalue weighted by molar-refractivity contribution is 6.42. The number of halogens is 2. The Morgan fingerprint density at radius 2 is 1.75 bits per heavy atom. The first kappa shape index (κ1) is 15.4. The standard InChI is InChI=1S/C14H18Cl2N2O2/c1-14(2,13(19)20)18-7-5-17(6-8-18)10-3-4-11(15)12(16)9-10/h3-4,9H,5-8H2,1-2H3,(H,19,20). The summed E-state index contributed by atoms with van der Waals surface area (Å²) >= 11 is 11.9. The summed E-state index contributed by atoms with van der Waals surface area (Å²) in [5.74, 6) is -0.791. The molecular formula is C14H18Cl2N2O2. The van der Waals surface area contributed by atoms with E-state index in [1.807, 2.05) is 17.0 Å². The molecule has 1 aliphatic rings. The smallest absolute Gasteiger partial charge is 0.323 e. The number of anilines is 1. The van der Waals surface area contributed by atoms with Gasteiger partial charge < -0.3 is 10.0 Å². The quantitative estimate of drug-likeness (QED) is 0.931. The summed E-state index contributed by atoms with van der Waals surface area (Å²) in [6, 6.07) is 5.57. The maximum absolute atomic E-state index is 11.3. The Hall–Kier alpha value is -0.970. The van der Waals surface area contributed by atoms with E-state index in [0.717, 1.165) is 18.8 Å². The van der Waals surface area contributed by atoms with Crippen molar-refractivity contribution in [1.82, 2.24) is 4.90 Å². The molecular weight excluding hydrogens is 299 g/mol. The lowest BCUT2D eigenvalue weighted by Crippen LogP contribution is -2.58. The van der Waals surface area contributed by atoms with E-state index in [1.165, 1.54) is 0 Å². The lowest BCUT2D eigenvalue weighted by atomic mass is 10.0. The van der Waals surface area contributed by atoms with Gasteiger partial charge in [-0.05, 0) is 32.0 Å². The molecule has 1 aromatic carbocycles. The van der Waals surface area contributed by atoms with Gasteiger partial charge in [0.05, 0.1) is 10.0 Å². The molecule has 1 fully saturated rings. The van der Waals surface area contributed by atoms with Crippen LogP contribution in [0, 0.1) is 0 Å². The Bertz CT molecular complexity index is 512. The van der Waals surface area contributed by atoms with Gasteiger partial charge in [0.2, 0.25) is 0 Å². The van der Waals surface area contributed by atoms with Gasteiger partial charge in [-0.25, -0.2) is 0 Å². The average Bonchev–Trinajstić information content (AvgIpc) is 2.42. The maximum Gasteiger partial charge on any atom is 0.323 e. The second-order valence-corrected chi connectivity index (χ2v) is 6.25. The van der Waals surface area contributed by atoms with Crippen LogP contribution in [0.15, 0.2) is 18.2 Å². The molecule has 20 heavy (non-hydrogen) atoms. The third-order valence-corrected chi connectivity index (χ3v) is 4.60. The molecule has 0 aromatic heterocycles. The summed E-state index contributed by atoms with van der Waals surface area (Å²) in [6.45, 7) is 6.44. The molecule has 110 valence electrons. The topological polar surface area (TPSA) is 43.8 Å². The number of carbonyl (C=O) groups is 1. The van der Waals surface area contributed by atoms with E-state index in [9.17, 15) is 9.90 Å². The van der Waals surface area contributed by atoms with Crippen molar-refractivity contribution in [3.63, 3.8) is 0 Å². The number of carboxylic acids is 1. The number of hydrogen-bond acceptors (Lipinski definition) is 3. The summed E-state index contributed by atoms with van der Waals surface area (Å²) in [5.41, 5.74) is 0.191. The van der Waals surface area contributed by atoms with Gasteiger partial charge in [-0.1, -0.05) is 23.2 Å². The van der Waals surface area contributed by atoms with Crippen LogP contribution < -0.4 is 4.90 Å². The van der Waals surface area contributed by atoms with E-state index in [-0.39, 0.29) is 0 Å². The number of piperazine rings is 1. The normalized spacial score (nSPS) is 17.3. The van der Waals surface area contributed by atoms with E-state index in [0.29, 0.717) is 23.1 Å². The zero-order valence-electron chi connectivity index (χ0n) is 11.6. The zero-order chi connectivity index (χ0) is 14.9. The highest BCUT2D eigenvalue weighted by atomic mass is 35.5. The SMILES string of the molecule is CC(C)(C(=O)O)N1CCN(c2ccc(Cl)c(Cl)c2)CC1. The fourth-order valence-electron chi connectivity index (χ4n) is 2.34. The molecule has 4 nitrogen and oxygen atoms in total. The first-order chi connectivity index (χ1) is 9.32. The van der Waals surface area contributed by atoms with E-state index >= 15 is 0 Å². The molecule has 0 amide bonds. The van der Waals surface area contributed by atoms with Gasteiger partial charge in [0.15, 0.2) is 0 Å². The van der Waals surface area contributed by atoms with Crippen molar-refractivity contribution in [2.24, 2.45) is 0 Å². The largest absolute Gasteiger partial charge is 0.480 e. The van der Waals surface area contributed by atoms with Crippen LogP contribution in [0.4, 0.5) is 5.69 Å². The number of aliphatic carboxylic acids is 1. The third-order valence-electron chi connectivity index (χ3n) is 3.86. The van der Waals surface area contributed by atoms with Crippen LogP contribution in [0.2, 0.25) is 10.0 Å². The van der Waals surface area contributed by atoms with Crippen molar-refractivity contribution in [3.05, 3.63) is 28.2 Å². The first-order valence-electron chi connectivity index (χ1n) is 6.51. The van der Waals surface area contributed by atoms with Crippen LogP contribution in [0.1, 0.15) is 13.8 Å². The summed E-state index contributed by atoms with van der Waals surface area (Å²) in [5, 5.41) is 10.3. The Balaban J connectivity index is 2.04. The van der Waals surface area contributed by atoms with E-state index < -0.39 is 11.5 Å². The van der Waals surface area contributed by atoms with Crippen molar-refractivity contribution in [2.75, 3.05) is 31.1 Å². The number of carboxylic acid groups (broad SMARTS) is 1. The molecule has 1 saturated heterocycles. The van der Waals surface area contributed by atoms with Gasteiger partial charge >= 0.3 is 5.97 Å². The number of rotatable bonds is 3. The maximum atomic E-state index is 11.3. The number of benzene rings is 1. The zero-order valence-corrected chi connectivity index (χ0v) is 13.1. The van der Waals surface area contributed by atoms with Crippen molar-refractivity contribution in [1.29, 1.82) is 0 Å². The van der Waals surface area contributed by atoms with Gasteiger partial charge in [-0.15, -0.1) is 0 Å². The highest BCUT2D eigenvalue weighted by Crippen LogP contribution is 2.28. The average molecular weight is 317 g/mol. The Morgan fingerprint density at radius 1 is 1.15 bits per heavy atom. The van der Waals surface area contributed by atoms with Crippen LogP contribution in [0.5, 0.6) is 0 Å². The summed E-state index contributed by atoms with van der Waals surface area (Å²) in [6.07, 6.45) is 0. The van der Waals surface area contributed by atoms with Gasteiger partial charge in [-0.2, -0.15) is 0 Å². The van der Waals surface area contributed by atoms with Crippen LogP contribution in [0.25, 0.3) is 0 Å². The molecule has 2 rings (SSSR count). The summed E-state index contributed by atoms with van der Waals surface area (Å²) in [4.78, 5) is 15.4. The van der Waals surface area contributed by atoms with Gasteiger partial charge in [0, 0.05) is 31.9 Å². The summed E-state index contributed by atoms with van der Waals surface area (Å²) < 4.78 is 0. The second kappa shape index (κ2) is 5.80. The molecule has 1 heterocycles. The minimum absolute atomic E-state index is 0.539. The van der Waals surface area contributed by atoms with Crippen LogP contribution in [-0.2, 0) is 4.79 Å². The molecule has 0 aliphatic carbocycles. The molecule has 1 aromatic rings. The van der Waals surface area contributed by atoms with Crippen LogP contribution in [-0.4, -0.2) is 47.7 Å².